The van der Waals surface area contributed by atoms with Gasteiger partial charge in [-0.05, 0) is 50.8 Å². The van der Waals surface area contributed by atoms with Crippen LogP contribution in [0.3, 0.4) is 0 Å². The fourth-order valence-electron chi connectivity index (χ4n) is 3.20. The van der Waals surface area contributed by atoms with Crippen molar-refractivity contribution in [3.8, 4) is 0 Å². The van der Waals surface area contributed by atoms with E-state index < -0.39 is 44.3 Å². The van der Waals surface area contributed by atoms with E-state index in [0.717, 1.165) is 5.56 Å². The molecule has 0 saturated carbocycles. The fourth-order valence-corrected chi connectivity index (χ4v) is 5.11. The Bertz CT molecular complexity index is 989. The van der Waals surface area contributed by atoms with Crippen LogP contribution in [0.25, 0.3) is 0 Å². The van der Waals surface area contributed by atoms with Gasteiger partial charge < -0.3 is 5.73 Å². The number of nitrogens with zero attached hydrogens (tertiary/aromatic N) is 2. The molecule has 0 aromatic carbocycles. The van der Waals surface area contributed by atoms with Gasteiger partial charge in [-0.3, -0.25) is 14.6 Å². The summed E-state index contributed by atoms with van der Waals surface area (Å²) in [5.41, 5.74) is 5.30. The van der Waals surface area contributed by atoms with Gasteiger partial charge >= 0.3 is 0 Å². The Hall–Kier alpha value is -2.20. The molecule has 7 nitrogen and oxygen atoms in total. The lowest BCUT2D eigenvalue weighted by Crippen LogP contribution is -2.42. The van der Waals surface area contributed by atoms with Crippen LogP contribution in [0.15, 0.2) is 35.4 Å². The number of Topliss-reactive ketones (excluding diaryl/α,β-unsaturated/α-hetero) is 1. The molecule has 0 aliphatic carbocycles. The van der Waals surface area contributed by atoms with E-state index in [9.17, 15) is 18.0 Å². The standard InChI is InChI=1S/C21H28FN3O4S2/c1-20(2,3)31(28,29)13-16(8-15-4-6-24-7-5-15)9-18(26)21(22,11-19(23)27)10-17-12-30-14-25-17/h4-7,12,14,16H,8-11,13H2,1-3H3,(H2,23,27)/t16-,21+/m0/s1. The lowest BCUT2D eigenvalue weighted by atomic mass is 9.85. The van der Waals surface area contributed by atoms with Crippen LogP contribution in [0.2, 0.25) is 0 Å². The van der Waals surface area contributed by atoms with Crippen LogP contribution in [-0.4, -0.2) is 46.2 Å². The third-order valence-corrected chi connectivity index (χ3v) is 8.45. The number of nitrogens with two attached hydrogens (primary N) is 1. The zero-order valence-electron chi connectivity index (χ0n) is 17.9. The van der Waals surface area contributed by atoms with Gasteiger partial charge in [-0.15, -0.1) is 11.3 Å². The Morgan fingerprint density at radius 3 is 2.39 bits per heavy atom. The zero-order valence-corrected chi connectivity index (χ0v) is 19.5. The smallest absolute Gasteiger partial charge is 0.221 e. The second-order valence-corrected chi connectivity index (χ2v) is 12.2. The van der Waals surface area contributed by atoms with E-state index in [1.165, 1.54) is 16.8 Å². The van der Waals surface area contributed by atoms with E-state index in [1.807, 2.05) is 0 Å². The normalized spacial score (nSPS) is 15.2. The molecule has 2 atom stereocenters. The van der Waals surface area contributed by atoms with Crippen LogP contribution in [0.1, 0.15) is 44.9 Å². The first-order valence-corrected chi connectivity index (χ1v) is 12.4. The molecule has 1 amide bonds. The maximum absolute atomic E-state index is 15.7. The van der Waals surface area contributed by atoms with E-state index in [1.54, 1.807) is 50.7 Å². The Balaban J connectivity index is 2.31. The number of pyridine rings is 1. The van der Waals surface area contributed by atoms with Crippen molar-refractivity contribution in [1.29, 1.82) is 0 Å². The van der Waals surface area contributed by atoms with Gasteiger partial charge in [0.15, 0.2) is 21.3 Å². The number of aromatic nitrogens is 2. The van der Waals surface area contributed by atoms with Gasteiger partial charge in [0.2, 0.25) is 5.91 Å². The molecule has 0 unspecified atom stereocenters. The molecule has 2 aromatic heterocycles. The Morgan fingerprint density at radius 1 is 1.23 bits per heavy atom. The molecule has 2 rings (SSSR count). The number of hydrogen-bond donors (Lipinski definition) is 1. The SMILES string of the molecule is CC(C)(C)S(=O)(=O)C[C@H](CC(=O)[C@](F)(CC(N)=O)Cc1cscn1)Cc1ccncc1. The van der Waals surface area contributed by atoms with Crippen LogP contribution in [0.5, 0.6) is 0 Å². The number of sulfone groups is 1. The molecule has 170 valence electrons. The quantitative estimate of drug-likeness (QED) is 0.540. The summed E-state index contributed by atoms with van der Waals surface area (Å²) in [4.78, 5) is 32.5. The molecule has 0 spiro atoms. The summed E-state index contributed by atoms with van der Waals surface area (Å²) in [5.74, 6) is -2.74. The van der Waals surface area contributed by atoms with E-state index in [4.69, 9.17) is 5.73 Å². The number of carbonyl (C=O) groups excluding carboxylic acids is 2. The number of carbonyl (C=O) groups is 2. The second-order valence-electron chi connectivity index (χ2n) is 8.71. The average Bonchev–Trinajstić information content (AvgIpc) is 3.13. The van der Waals surface area contributed by atoms with Crippen LogP contribution < -0.4 is 5.73 Å². The van der Waals surface area contributed by atoms with Gasteiger partial charge in [0.25, 0.3) is 0 Å². The predicted molar refractivity (Wildman–Crippen MR) is 118 cm³/mol. The number of amides is 1. The Labute approximate surface area is 186 Å². The summed E-state index contributed by atoms with van der Waals surface area (Å²) in [6, 6.07) is 3.45. The van der Waals surface area contributed by atoms with Crippen molar-refractivity contribution in [3.63, 3.8) is 0 Å². The molecular weight excluding hydrogens is 441 g/mol. The highest BCUT2D eigenvalue weighted by molar-refractivity contribution is 7.92. The van der Waals surface area contributed by atoms with Crippen molar-refractivity contribution >= 4 is 32.9 Å². The number of hydrogen-bond acceptors (Lipinski definition) is 7. The first-order valence-electron chi connectivity index (χ1n) is 9.81. The molecule has 2 heterocycles. The minimum atomic E-state index is -3.57. The summed E-state index contributed by atoms with van der Waals surface area (Å²) in [6.07, 6.45) is 1.89. The summed E-state index contributed by atoms with van der Waals surface area (Å²) < 4.78 is 40.3. The average molecular weight is 470 g/mol. The minimum absolute atomic E-state index is 0.257. The number of ketones is 1. The first-order chi connectivity index (χ1) is 14.3. The van der Waals surface area contributed by atoms with Gasteiger partial charge in [-0.1, -0.05) is 0 Å². The van der Waals surface area contributed by atoms with Crippen molar-refractivity contribution in [1.82, 2.24) is 9.97 Å². The number of alkyl halides is 1. The van der Waals surface area contributed by atoms with Gasteiger partial charge in [0.1, 0.15) is 0 Å². The fraction of sp³-hybridized carbons (Fsp3) is 0.524. The topological polar surface area (TPSA) is 120 Å². The maximum Gasteiger partial charge on any atom is 0.221 e. The molecule has 2 N–H and O–H groups in total. The number of primary amides is 1. The van der Waals surface area contributed by atoms with Gasteiger partial charge in [-0.25, -0.2) is 17.8 Å². The molecule has 0 radical (unpaired) electrons. The van der Waals surface area contributed by atoms with Crippen LogP contribution in [0.4, 0.5) is 4.39 Å². The predicted octanol–water partition coefficient (Wildman–Crippen LogP) is 2.70. The molecule has 0 aliphatic heterocycles. The highest BCUT2D eigenvalue weighted by Crippen LogP contribution is 2.29. The monoisotopic (exact) mass is 469 g/mol. The minimum Gasteiger partial charge on any atom is -0.370 e. The van der Waals surface area contributed by atoms with E-state index in [-0.39, 0.29) is 25.0 Å². The summed E-state index contributed by atoms with van der Waals surface area (Å²) in [7, 11) is -3.57. The number of halogens is 1. The maximum atomic E-state index is 15.7. The van der Waals surface area contributed by atoms with Crippen molar-refractivity contribution < 1.29 is 22.4 Å². The van der Waals surface area contributed by atoms with Gasteiger partial charge in [0, 0.05) is 30.6 Å². The summed E-state index contributed by atoms with van der Waals surface area (Å²) in [6.45, 7) is 4.76. The van der Waals surface area contributed by atoms with Crippen LogP contribution >= 0.6 is 11.3 Å². The van der Waals surface area contributed by atoms with Crippen molar-refractivity contribution in [2.24, 2.45) is 11.7 Å². The summed E-state index contributed by atoms with van der Waals surface area (Å²) >= 11 is 1.25. The number of rotatable bonds is 11. The lowest BCUT2D eigenvalue weighted by molar-refractivity contribution is -0.136. The van der Waals surface area contributed by atoms with E-state index in [2.05, 4.69) is 9.97 Å². The molecule has 2 aromatic rings. The highest BCUT2D eigenvalue weighted by atomic mass is 32.2. The molecule has 0 fully saturated rings. The van der Waals surface area contributed by atoms with Crippen molar-refractivity contribution in [2.75, 3.05) is 5.75 Å². The molecule has 0 saturated heterocycles. The van der Waals surface area contributed by atoms with Crippen LogP contribution in [-0.2, 0) is 32.3 Å². The zero-order chi connectivity index (χ0) is 23.3. The summed E-state index contributed by atoms with van der Waals surface area (Å²) in [5, 5.41) is 1.60. The first kappa shape index (κ1) is 25.1. The Morgan fingerprint density at radius 2 is 1.87 bits per heavy atom. The molecular formula is C21H28FN3O4S2. The van der Waals surface area contributed by atoms with E-state index in [0.29, 0.717) is 5.69 Å². The lowest BCUT2D eigenvalue weighted by Gasteiger charge is -2.27. The highest BCUT2D eigenvalue weighted by Gasteiger charge is 2.42. The van der Waals surface area contributed by atoms with Crippen molar-refractivity contribution in [3.05, 3.63) is 46.7 Å². The molecule has 0 aliphatic rings. The van der Waals surface area contributed by atoms with Crippen LogP contribution in [0, 0.1) is 5.92 Å². The van der Waals surface area contributed by atoms with Gasteiger partial charge in [0.05, 0.1) is 28.1 Å². The second kappa shape index (κ2) is 9.95. The molecule has 31 heavy (non-hydrogen) atoms. The number of thiazole rings is 1. The third-order valence-electron chi connectivity index (χ3n) is 5.03. The Kier molecular flexibility index (Phi) is 8.04. The van der Waals surface area contributed by atoms with Crippen molar-refractivity contribution in [2.45, 2.75) is 56.9 Å². The molecule has 0 bridgehead atoms. The van der Waals surface area contributed by atoms with E-state index >= 15 is 4.39 Å². The third kappa shape index (κ3) is 7.17. The molecule has 10 heteroatoms. The van der Waals surface area contributed by atoms with Gasteiger partial charge in [-0.2, -0.15) is 0 Å². The largest absolute Gasteiger partial charge is 0.370 e.